The molecule has 1 heterocycles. The van der Waals surface area contributed by atoms with Crippen LogP contribution in [0.25, 0.3) is 0 Å². The minimum atomic E-state index is -0.855. The minimum absolute atomic E-state index is 0.212. The normalized spacial score (nSPS) is 12.2. The van der Waals surface area contributed by atoms with Crippen molar-refractivity contribution in [3.63, 3.8) is 0 Å². The third-order valence-corrected chi connectivity index (χ3v) is 3.08. The van der Waals surface area contributed by atoms with E-state index >= 15 is 0 Å². The van der Waals surface area contributed by atoms with Crippen molar-refractivity contribution in [2.75, 3.05) is 7.11 Å². The SMILES string of the molecule is CCC(O)(CC)c1c(OC)cnn1C(C)C. The molecule has 0 aliphatic carbocycles. The summed E-state index contributed by atoms with van der Waals surface area (Å²) in [4.78, 5) is 0. The Bertz CT molecular complexity index is 341. The zero-order valence-electron chi connectivity index (χ0n) is 10.8. The van der Waals surface area contributed by atoms with Gasteiger partial charge in [-0.1, -0.05) is 13.8 Å². The van der Waals surface area contributed by atoms with Crippen LogP contribution in [0.1, 0.15) is 52.3 Å². The fourth-order valence-corrected chi connectivity index (χ4v) is 1.91. The van der Waals surface area contributed by atoms with Gasteiger partial charge in [-0.05, 0) is 26.7 Å². The van der Waals surface area contributed by atoms with Gasteiger partial charge in [-0.2, -0.15) is 5.10 Å². The van der Waals surface area contributed by atoms with Crippen molar-refractivity contribution in [3.8, 4) is 5.75 Å². The Balaban J connectivity index is 3.32. The van der Waals surface area contributed by atoms with Crippen molar-refractivity contribution in [3.05, 3.63) is 11.9 Å². The molecular weight excluding hydrogens is 204 g/mol. The fourth-order valence-electron chi connectivity index (χ4n) is 1.91. The third kappa shape index (κ3) is 2.07. The van der Waals surface area contributed by atoms with Gasteiger partial charge in [0.25, 0.3) is 0 Å². The molecule has 16 heavy (non-hydrogen) atoms. The Morgan fingerprint density at radius 2 is 2.00 bits per heavy atom. The molecule has 1 rings (SSSR count). The van der Waals surface area contributed by atoms with Gasteiger partial charge in [0, 0.05) is 6.04 Å². The summed E-state index contributed by atoms with van der Waals surface area (Å²) in [6.45, 7) is 8.03. The van der Waals surface area contributed by atoms with E-state index in [1.807, 2.05) is 32.4 Å². The minimum Gasteiger partial charge on any atom is -0.493 e. The summed E-state index contributed by atoms with van der Waals surface area (Å²) in [5.41, 5.74) is -0.0680. The summed E-state index contributed by atoms with van der Waals surface area (Å²) in [5.74, 6) is 0.667. The molecule has 0 amide bonds. The summed E-state index contributed by atoms with van der Waals surface area (Å²) in [7, 11) is 1.61. The number of aliphatic hydroxyl groups is 1. The lowest BCUT2D eigenvalue weighted by Crippen LogP contribution is -2.28. The molecule has 0 unspecified atom stereocenters. The van der Waals surface area contributed by atoms with Crippen molar-refractivity contribution >= 4 is 0 Å². The van der Waals surface area contributed by atoms with Gasteiger partial charge in [0.05, 0.1) is 13.3 Å². The molecule has 0 saturated heterocycles. The van der Waals surface area contributed by atoms with Crippen LogP contribution in [0.2, 0.25) is 0 Å². The maximum atomic E-state index is 10.6. The average Bonchev–Trinajstić information content (AvgIpc) is 2.72. The Hall–Kier alpha value is -1.03. The van der Waals surface area contributed by atoms with Crippen LogP contribution in [-0.4, -0.2) is 22.0 Å². The molecule has 0 aliphatic heterocycles. The summed E-state index contributed by atoms with van der Waals surface area (Å²) < 4.78 is 7.12. The summed E-state index contributed by atoms with van der Waals surface area (Å²) >= 11 is 0. The number of methoxy groups -OCH3 is 1. The first-order valence-electron chi connectivity index (χ1n) is 5.84. The second kappa shape index (κ2) is 4.87. The lowest BCUT2D eigenvalue weighted by molar-refractivity contribution is 0.0159. The predicted molar refractivity (Wildman–Crippen MR) is 63.6 cm³/mol. The lowest BCUT2D eigenvalue weighted by atomic mass is 9.92. The number of aromatic nitrogens is 2. The number of hydrogen-bond acceptors (Lipinski definition) is 3. The first kappa shape index (κ1) is 13.0. The fraction of sp³-hybridized carbons (Fsp3) is 0.750. The molecule has 4 nitrogen and oxygen atoms in total. The van der Waals surface area contributed by atoms with E-state index in [0.29, 0.717) is 18.6 Å². The van der Waals surface area contributed by atoms with Gasteiger partial charge < -0.3 is 9.84 Å². The second-order valence-corrected chi connectivity index (χ2v) is 4.34. The van der Waals surface area contributed by atoms with E-state index in [4.69, 9.17) is 4.74 Å². The van der Waals surface area contributed by atoms with Crippen LogP contribution in [0.4, 0.5) is 0 Å². The molecule has 0 aliphatic rings. The van der Waals surface area contributed by atoms with Gasteiger partial charge in [0.15, 0.2) is 5.75 Å². The standard InChI is InChI=1S/C12H22N2O2/c1-6-12(15,7-2)11-10(16-5)8-13-14(11)9(3)4/h8-9,15H,6-7H2,1-5H3. The Morgan fingerprint density at radius 3 is 2.38 bits per heavy atom. The highest BCUT2D eigenvalue weighted by Crippen LogP contribution is 2.36. The van der Waals surface area contributed by atoms with E-state index in [2.05, 4.69) is 5.10 Å². The van der Waals surface area contributed by atoms with Crippen LogP contribution in [0, 0.1) is 0 Å². The summed E-state index contributed by atoms with van der Waals surface area (Å²) in [6, 6.07) is 0.212. The largest absolute Gasteiger partial charge is 0.493 e. The first-order valence-corrected chi connectivity index (χ1v) is 5.84. The lowest BCUT2D eigenvalue weighted by Gasteiger charge is -2.28. The molecule has 1 aromatic rings. The van der Waals surface area contributed by atoms with Crippen molar-refractivity contribution in [1.82, 2.24) is 9.78 Å². The van der Waals surface area contributed by atoms with Crippen molar-refractivity contribution in [2.45, 2.75) is 52.2 Å². The molecule has 4 heteroatoms. The third-order valence-electron chi connectivity index (χ3n) is 3.08. The Labute approximate surface area is 97.2 Å². The van der Waals surface area contributed by atoms with Gasteiger partial charge in [0.1, 0.15) is 11.3 Å². The van der Waals surface area contributed by atoms with E-state index in [-0.39, 0.29) is 6.04 Å². The van der Waals surface area contributed by atoms with Gasteiger partial charge in [-0.15, -0.1) is 0 Å². The molecule has 1 N–H and O–H groups in total. The highest BCUT2D eigenvalue weighted by molar-refractivity contribution is 5.31. The van der Waals surface area contributed by atoms with E-state index in [1.54, 1.807) is 13.3 Å². The van der Waals surface area contributed by atoms with Crippen LogP contribution in [0.15, 0.2) is 6.20 Å². The molecule has 0 saturated carbocycles. The van der Waals surface area contributed by atoms with Crippen LogP contribution < -0.4 is 4.74 Å². The predicted octanol–water partition coefficient (Wildman–Crippen LogP) is 2.48. The maximum Gasteiger partial charge on any atom is 0.162 e. The van der Waals surface area contributed by atoms with E-state index in [9.17, 15) is 5.11 Å². The number of nitrogens with zero attached hydrogens (tertiary/aromatic N) is 2. The molecule has 92 valence electrons. The molecule has 0 atom stereocenters. The number of hydrogen-bond donors (Lipinski definition) is 1. The van der Waals surface area contributed by atoms with Gasteiger partial charge in [-0.3, -0.25) is 4.68 Å². The summed E-state index contributed by atoms with van der Waals surface area (Å²) in [5, 5.41) is 14.9. The van der Waals surface area contributed by atoms with Crippen LogP contribution >= 0.6 is 0 Å². The van der Waals surface area contributed by atoms with Gasteiger partial charge in [0.2, 0.25) is 0 Å². The molecular formula is C12H22N2O2. The highest BCUT2D eigenvalue weighted by atomic mass is 16.5. The Kier molecular flexibility index (Phi) is 3.97. The highest BCUT2D eigenvalue weighted by Gasteiger charge is 2.33. The van der Waals surface area contributed by atoms with Crippen LogP contribution in [-0.2, 0) is 5.60 Å². The Morgan fingerprint density at radius 1 is 1.44 bits per heavy atom. The monoisotopic (exact) mass is 226 g/mol. The van der Waals surface area contributed by atoms with Gasteiger partial charge >= 0.3 is 0 Å². The molecule has 0 aromatic carbocycles. The number of ether oxygens (including phenoxy) is 1. The topological polar surface area (TPSA) is 47.3 Å². The zero-order chi connectivity index (χ0) is 12.3. The molecule has 1 aromatic heterocycles. The smallest absolute Gasteiger partial charge is 0.162 e. The quantitative estimate of drug-likeness (QED) is 0.839. The van der Waals surface area contributed by atoms with E-state index in [1.165, 1.54) is 0 Å². The maximum absolute atomic E-state index is 10.6. The zero-order valence-corrected chi connectivity index (χ0v) is 10.8. The van der Waals surface area contributed by atoms with Gasteiger partial charge in [-0.25, -0.2) is 0 Å². The van der Waals surface area contributed by atoms with Crippen molar-refractivity contribution in [1.29, 1.82) is 0 Å². The molecule has 0 fully saturated rings. The number of rotatable bonds is 5. The molecule has 0 spiro atoms. The summed E-state index contributed by atoms with van der Waals surface area (Å²) in [6.07, 6.45) is 2.97. The first-order chi connectivity index (χ1) is 7.50. The van der Waals surface area contributed by atoms with Crippen LogP contribution in [0.5, 0.6) is 5.75 Å². The van der Waals surface area contributed by atoms with Crippen molar-refractivity contribution < 1.29 is 9.84 Å². The molecule has 0 radical (unpaired) electrons. The average molecular weight is 226 g/mol. The van der Waals surface area contributed by atoms with E-state index in [0.717, 1.165) is 5.69 Å². The molecule has 0 bridgehead atoms. The van der Waals surface area contributed by atoms with Crippen molar-refractivity contribution in [2.24, 2.45) is 0 Å². The second-order valence-electron chi connectivity index (χ2n) is 4.34. The van der Waals surface area contributed by atoms with E-state index < -0.39 is 5.60 Å². The van der Waals surface area contributed by atoms with Crippen LogP contribution in [0.3, 0.4) is 0 Å².